The summed E-state index contributed by atoms with van der Waals surface area (Å²) in [5.41, 5.74) is -1.36. The van der Waals surface area contributed by atoms with E-state index in [0.717, 1.165) is 6.29 Å². The number of rotatable bonds is 5. The predicted octanol–water partition coefficient (Wildman–Crippen LogP) is 1.66. The Bertz CT molecular complexity index is 291. The van der Waals surface area contributed by atoms with E-state index in [-0.39, 0.29) is 12.3 Å². The van der Waals surface area contributed by atoms with Crippen molar-refractivity contribution in [3.05, 3.63) is 12.3 Å². The second kappa shape index (κ2) is 5.14. The molecule has 16 heavy (non-hydrogen) atoms. The minimum atomic E-state index is -0.846. The van der Waals surface area contributed by atoms with E-state index in [1.54, 1.807) is 27.7 Å². The topological polar surface area (TPSA) is 55.4 Å². The van der Waals surface area contributed by atoms with Crippen LogP contribution >= 0.6 is 0 Å². The largest absolute Gasteiger partial charge is 0.499 e. The zero-order valence-corrected chi connectivity index (χ0v) is 10.7. The number of carbonyl (C=O) groups excluding carboxylic acids is 2. The van der Waals surface area contributed by atoms with Crippen molar-refractivity contribution in [2.24, 2.45) is 5.41 Å². The first-order valence-electron chi connectivity index (χ1n) is 5.17. The zero-order valence-electron chi connectivity index (χ0n) is 10.7. The predicted molar refractivity (Wildman–Crippen MR) is 62.8 cm³/mol. The second-order valence-electron chi connectivity index (χ2n) is 5.03. The molecule has 1 amide bonds. The van der Waals surface area contributed by atoms with Gasteiger partial charge < -0.3 is 14.8 Å². The Kier molecular flexibility index (Phi) is 4.72. The summed E-state index contributed by atoms with van der Waals surface area (Å²) in [6.07, 6.45) is 0.884. The first-order chi connectivity index (χ1) is 7.17. The smallest absolute Gasteiger partial charge is 0.226 e. The molecular formula is C12H21NO3. The van der Waals surface area contributed by atoms with Crippen LogP contribution in [0.25, 0.3) is 0 Å². The highest BCUT2D eigenvalue weighted by Crippen LogP contribution is 2.22. The van der Waals surface area contributed by atoms with Crippen LogP contribution in [0.15, 0.2) is 12.3 Å². The number of methoxy groups -OCH3 is 1. The van der Waals surface area contributed by atoms with Gasteiger partial charge >= 0.3 is 0 Å². The molecule has 0 saturated carbocycles. The van der Waals surface area contributed by atoms with Gasteiger partial charge in [-0.15, -0.1) is 0 Å². The lowest BCUT2D eigenvalue weighted by Gasteiger charge is -2.32. The van der Waals surface area contributed by atoms with Gasteiger partial charge in [-0.25, -0.2) is 0 Å². The highest BCUT2D eigenvalue weighted by atomic mass is 16.5. The molecule has 4 nitrogen and oxygen atoms in total. The fourth-order valence-electron chi connectivity index (χ4n) is 1.06. The normalized spacial score (nSPS) is 14.8. The average Bonchev–Trinajstić information content (AvgIpc) is 2.15. The lowest BCUT2D eigenvalue weighted by atomic mass is 9.90. The Morgan fingerprint density at radius 2 is 1.88 bits per heavy atom. The summed E-state index contributed by atoms with van der Waals surface area (Å²) in [6.45, 7) is 10.8. The molecule has 0 aliphatic heterocycles. The summed E-state index contributed by atoms with van der Waals surface area (Å²) in [6, 6.07) is 0. The Morgan fingerprint density at radius 3 is 2.19 bits per heavy atom. The number of ether oxygens (including phenoxy) is 1. The number of hydrogen-bond donors (Lipinski definition) is 1. The molecule has 0 fully saturated rings. The van der Waals surface area contributed by atoms with Crippen LogP contribution in [0.3, 0.4) is 0 Å². The Hall–Kier alpha value is -1.32. The molecule has 0 aromatic rings. The van der Waals surface area contributed by atoms with Crippen LogP contribution in [-0.4, -0.2) is 24.8 Å². The first-order valence-corrected chi connectivity index (χ1v) is 5.17. The van der Waals surface area contributed by atoms with E-state index in [2.05, 4.69) is 11.9 Å². The maximum Gasteiger partial charge on any atom is 0.226 e. The van der Waals surface area contributed by atoms with Crippen molar-refractivity contribution in [2.45, 2.75) is 39.7 Å². The van der Waals surface area contributed by atoms with E-state index >= 15 is 0 Å². The van der Waals surface area contributed by atoms with Gasteiger partial charge in [0.2, 0.25) is 5.91 Å². The van der Waals surface area contributed by atoms with Crippen molar-refractivity contribution in [1.82, 2.24) is 5.32 Å². The third kappa shape index (κ3) is 3.68. The van der Waals surface area contributed by atoms with Crippen LogP contribution in [-0.2, 0) is 14.3 Å². The number of hydrogen-bond acceptors (Lipinski definition) is 3. The fourth-order valence-corrected chi connectivity index (χ4v) is 1.06. The molecule has 92 valence electrons. The molecule has 0 spiro atoms. The summed E-state index contributed by atoms with van der Waals surface area (Å²) in [5, 5.41) is 2.79. The van der Waals surface area contributed by atoms with Gasteiger partial charge in [0.1, 0.15) is 17.6 Å². The SMILES string of the molecule is C=C(OC)C(C)(CC=O)NC(=O)C(C)(C)C. The molecule has 0 aliphatic carbocycles. The van der Waals surface area contributed by atoms with Crippen LogP contribution in [0.1, 0.15) is 34.1 Å². The number of amides is 1. The molecule has 4 heteroatoms. The molecule has 0 bridgehead atoms. The maximum atomic E-state index is 11.9. The molecule has 0 aromatic heterocycles. The van der Waals surface area contributed by atoms with Crippen LogP contribution in [0, 0.1) is 5.41 Å². The van der Waals surface area contributed by atoms with Crippen molar-refractivity contribution < 1.29 is 14.3 Å². The van der Waals surface area contributed by atoms with E-state index in [9.17, 15) is 9.59 Å². The molecule has 0 rings (SSSR count). The molecule has 1 N–H and O–H groups in total. The van der Waals surface area contributed by atoms with Crippen LogP contribution in [0.5, 0.6) is 0 Å². The van der Waals surface area contributed by atoms with Gasteiger partial charge in [-0.2, -0.15) is 0 Å². The fraction of sp³-hybridized carbons (Fsp3) is 0.667. The minimum absolute atomic E-state index is 0.140. The number of nitrogens with one attached hydrogen (secondary N) is 1. The third-order valence-electron chi connectivity index (χ3n) is 2.42. The Balaban J connectivity index is 4.89. The summed E-state index contributed by atoms with van der Waals surface area (Å²) in [7, 11) is 1.47. The van der Waals surface area contributed by atoms with Gasteiger partial charge in [0, 0.05) is 11.8 Å². The average molecular weight is 227 g/mol. The van der Waals surface area contributed by atoms with Gasteiger partial charge in [0.15, 0.2) is 0 Å². The van der Waals surface area contributed by atoms with Crippen molar-refractivity contribution in [1.29, 1.82) is 0 Å². The lowest BCUT2D eigenvalue weighted by Crippen LogP contribution is -2.51. The van der Waals surface area contributed by atoms with E-state index in [4.69, 9.17) is 4.74 Å². The standard InChI is InChI=1S/C12H21NO3/c1-9(16-6)12(5,7-8-14)13-10(15)11(2,3)4/h8H,1,7H2,2-6H3,(H,13,15). The van der Waals surface area contributed by atoms with E-state index < -0.39 is 11.0 Å². The molecule has 0 saturated heterocycles. The van der Waals surface area contributed by atoms with Gasteiger partial charge in [-0.1, -0.05) is 27.4 Å². The van der Waals surface area contributed by atoms with Crippen LogP contribution in [0.4, 0.5) is 0 Å². The maximum absolute atomic E-state index is 11.9. The molecule has 0 heterocycles. The van der Waals surface area contributed by atoms with Crippen LogP contribution < -0.4 is 5.32 Å². The number of aldehydes is 1. The van der Waals surface area contributed by atoms with Gasteiger partial charge in [0.25, 0.3) is 0 Å². The minimum Gasteiger partial charge on any atom is -0.499 e. The molecular weight excluding hydrogens is 206 g/mol. The monoisotopic (exact) mass is 227 g/mol. The Labute approximate surface area is 97.1 Å². The summed E-state index contributed by atoms with van der Waals surface area (Å²) in [5.74, 6) is 0.229. The highest BCUT2D eigenvalue weighted by molar-refractivity contribution is 5.82. The third-order valence-corrected chi connectivity index (χ3v) is 2.42. The van der Waals surface area contributed by atoms with Gasteiger partial charge in [-0.3, -0.25) is 4.79 Å². The number of carbonyl (C=O) groups is 2. The quantitative estimate of drug-likeness (QED) is 0.574. The van der Waals surface area contributed by atoms with E-state index in [0.29, 0.717) is 5.76 Å². The molecule has 1 atom stereocenters. The van der Waals surface area contributed by atoms with Crippen molar-refractivity contribution in [3.63, 3.8) is 0 Å². The van der Waals surface area contributed by atoms with Crippen LogP contribution in [0.2, 0.25) is 0 Å². The lowest BCUT2D eigenvalue weighted by molar-refractivity contribution is -0.130. The highest BCUT2D eigenvalue weighted by Gasteiger charge is 2.34. The molecule has 0 radical (unpaired) electrons. The van der Waals surface area contributed by atoms with Crippen molar-refractivity contribution in [2.75, 3.05) is 7.11 Å². The van der Waals surface area contributed by atoms with Crippen molar-refractivity contribution in [3.8, 4) is 0 Å². The van der Waals surface area contributed by atoms with Crippen molar-refractivity contribution >= 4 is 12.2 Å². The zero-order chi connectivity index (χ0) is 13.0. The molecule has 1 unspecified atom stereocenters. The molecule has 0 aliphatic rings. The molecule has 0 aromatic carbocycles. The first kappa shape index (κ1) is 14.7. The Morgan fingerprint density at radius 1 is 1.38 bits per heavy atom. The van der Waals surface area contributed by atoms with Gasteiger partial charge in [-0.05, 0) is 6.92 Å². The summed E-state index contributed by atoms with van der Waals surface area (Å²) in [4.78, 5) is 22.5. The summed E-state index contributed by atoms with van der Waals surface area (Å²) >= 11 is 0. The van der Waals surface area contributed by atoms with Gasteiger partial charge in [0.05, 0.1) is 7.11 Å². The van der Waals surface area contributed by atoms with E-state index in [1.165, 1.54) is 7.11 Å². The van der Waals surface area contributed by atoms with E-state index in [1.807, 2.05) is 0 Å². The summed E-state index contributed by atoms with van der Waals surface area (Å²) < 4.78 is 5.01. The second-order valence-corrected chi connectivity index (χ2v) is 5.03.